The van der Waals surface area contributed by atoms with Crippen molar-refractivity contribution in [2.24, 2.45) is 28.6 Å². The minimum absolute atomic E-state index is 0.0639. The van der Waals surface area contributed by atoms with Gasteiger partial charge in [0.05, 0.1) is 31.5 Å². The van der Waals surface area contributed by atoms with Crippen molar-refractivity contribution in [2.45, 2.75) is 116 Å². The molecule has 4 N–H and O–H groups in total. The van der Waals surface area contributed by atoms with Crippen molar-refractivity contribution in [1.29, 1.82) is 0 Å². The Morgan fingerprint density at radius 3 is 2.48 bits per heavy atom. The molecule has 8 rings (SSSR count). The normalized spacial score (nSPS) is 32.8. The first-order valence-electron chi connectivity index (χ1n) is 19.2. The van der Waals surface area contributed by atoms with E-state index in [0.29, 0.717) is 66.5 Å². The number of ether oxygens (including phenoxy) is 1. The molecule has 0 aromatic heterocycles. The summed E-state index contributed by atoms with van der Waals surface area (Å²) in [5.41, 5.74) is 3.04. The highest BCUT2D eigenvalue weighted by molar-refractivity contribution is 6.10. The fraction of sp³-hybridized carbons (Fsp3) is 0.651. The number of fused-ring (bicyclic) bond motifs is 10. The van der Waals surface area contributed by atoms with Gasteiger partial charge in [-0.3, -0.25) is 9.69 Å². The van der Waals surface area contributed by atoms with E-state index < -0.39 is 23.2 Å². The van der Waals surface area contributed by atoms with Crippen molar-refractivity contribution in [1.82, 2.24) is 4.90 Å². The molecule has 0 radical (unpaired) electrons. The lowest BCUT2D eigenvalue weighted by Gasteiger charge is -2.61. The number of rotatable bonds is 10. The van der Waals surface area contributed by atoms with Gasteiger partial charge >= 0.3 is 0 Å². The number of carbonyl (C=O) groups excluding carboxylic acids is 1. The molecule has 7 nitrogen and oxygen atoms in total. The highest BCUT2D eigenvalue weighted by atomic mass is 16.5. The Morgan fingerprint density at radius 2 is 1.80 bits per heavy atom. The fourth-order valence-electron chi connectivity index (χ4n) is 10.5. The minimum atomic E-state index is -1.08. The number of aliphatic hydroxyl groups is 4. The number of hydrogen-bond donors (Lipinski definition) is 4. The van der Waals surface area contributed by atoms with Gasteiger partial charge in [-0.05, 0) is 142 Å². The van der Waals surface area contributed by atoms with Crippen LogP contribution in [0.25, 0.3) is 0 Å². The summed E-state index contributed by atoms with van der Waals surface area (Å²) < 4.78 is 5.36. The zero-order valence-corrected chi connectivity index (χ0v) is 31.0. The Labute approximate surface area is 299 Å². The summed E-state index contributed by atoms with van der Waals surface area (Å²) in [4.78, 5) is 16.6. The summed E-state index contributed by atoms with van der Waals surface area (Å²) in [5.74, 6) is 2.49. The SMILES string of the molecule is COc1ccc(C(=O)c2cc3ccc2[C@@H]2CC[C@@](O)(CN(C[C@H](O)CO)C[C@@H]4CC[C@H]5C[C@@H]4C5(C)C)[C@@]2(C)CCC=C(C)CC[C@H](O)C3)cc1. The molecule has 2 aromatic carbocycles. The van der Waals surface area contributed by atoms with E-state index in [1.807, 2.05) is 30.3 Å². The van der Waals surface area contributed by atoms with Gasteiger partial charge in [-0.2, -0.15) is 0 Å². The lowest BCUT2D eigenvalue weighted by atomic mass is 9.45. The Bertz CT molecular complexity index is 1530. The zero-order chi connectivity index (χ0) is 35.8. The van der Waals surface area contributed by atoms with Crippen LogP contribution in [0.3, 0.4) is 0 Å². The highest BCUT2D eigenvalue weighted by Gasteiger charge is 2.58. The molecule has 0 aliphatic heterocycles. The van der Waals surface area contributed by atoms with Crippen LogP contribution in [0.2, 0.25) is 0 Å². The maximum Gasteiger partial charge on any atom is 0.193 e. The quantitative estimate of drug-likeness (QED) is 0.163. The molecular weight excluding hydrogens is 626 g/mol. The molecule has 50 heavy (non-hydrogen) atoms. The van der Waals surface area contributed by atoms with Crippen LogP contribution in [-0.2, 0) is 6.42 Å². The van der Waals surface area contributed by atoms with Crippen molar-refractivity contribution >= 4 is 5.78 Å². The molecular formula is C43H61NO6. The summed E-state index contributed by atoms with van der Waals surface area (Å²) in [6.45, 7) is 10.4. The van der Waals surface area contributed by atoms with Crippen LogP contribution in [0.4, 0.5) is 0 Å². The van der Waals surface area contributed by atoms with Gasteiger partial charge in [-0.25, -0.2) is 0 Å². The van der Waals surface area contributed by atoms with Crippen LogP contribution in [0.15, 0.2) is 54.1 Å². The number of aliphatic hydroxyl groups excluding tert-OH is 3. The smallest absolute Gasteiger partial charge is 0.193 e. The zero-order valence-electron chi connectivity index (χ0n) is 31.0. The van der Waals surface area contributed by atoms with Crippen LogP contribution in [0.1, 0.15) is 118 Å². The first kappa shape index (κ1) is 37.2. The van der Waals surface area contributed by atoms with E-state index in [-0.39, 0.29) is 18.3 Å². The van der Waals surface area contributed by atoms with Gasteiger partial charge in [0.2, 0.25) is 0 Å². The molecule has 0 heterocycles. The third kappa shape index (κ3) is 7.23. The van der Waals surface area contributed by atoms with Gasteiger partial charge in [0.15, 0.2) is 5.78 Å². The predicted molar refractivity (Wildman–Crippen MR) is 197 cm³/mol. The molecule has 0 saturated heterocycles. The fourth-order valence-corrected chi connectivity index (χ4v) is 10.5. The van der Waals surface area contributed by atoms with Crippen LogP contribution < -0.4 is 4.74 Å². The van der Waals surface area contributed by atoms with Crippen LogP contribution >= 0.6 is 0 Å². The van der Waals surface area contributed by atoms with Gasteiger partial charge in [0, 0.05) is 36.2 Å². The summed E-state index contributed by atoms with van der Waals surface area (Å²) >= 11 is 0. The lowest BCUT2D eigenvalue weighted by Crippen LogP contribution is -2.58. The lowest BCUT2D eigenvalue weighted by molar-refractivity contribution is -0.126. The third-order valence-corrected chi connectivity index (χ3v) is 13.9. The van der Waals surface area contributed by atoms with Crippen LogP contribution in [0, 0.1) is 28.6 Å². The molecule has 4 bridgehead atoms. The number of nitrogens with zero attached hydrogens (tertiary/aromatic N) is 1. The first-order chi connectivity index (χ1) is 23.8. The number of allylic oxidation sites excluding steroid dienone is 2. The predicted octanol–water partition coefficient (Wildman–Crippen LogP) is 6.69. The molecule has 6 aliphatic carbocycles. The van der Waals surface area contributed by atoms with Crippen LogP contribution in [-0.4, -0.2) is 82.3 Å². The molecule has 4 saturated carbocycles. The number of methoxy groups -OCH3 is 1. The van der Waals surface area contributed by atoms with Crippen molar-refractivity contribution in [3.63, 3.8) is 0 Å². The Morgan fingerprint density at radius 1 is 1.04 bits per heavy atom. The van der Waals surface area contributed by atoms with Gasteiger partial charge in [-0.1, -0.05) is 44.6 Å². The summed E-state index contributed by atoms with van der Waals surface area (Å²) in [5, 5.41) is 44.7. The Kier molecular flexibility index (Phi) is 11.0. The molecule has 6 aliphatic rings. The number of benzene rings is 2. The van der Waals surface area contributed by atoms with Crippen LogP contribution in [0.5, 0.6) is 5.75 Å². The summed E-state index contributed by atoms with van der Waals surface area (Å²) in [6, 6.07) is 13.4. The third-order valence-electron chi connectivity index (χ3n) is 13.9. The second-order valence-electron chi connectivity index (χ2n) is 17.2. The van der Waals surface area contributed by atoms with E-state index in [4.69, 9.17) is 4.74 Å². The standard InChI is InChI=1S/C43H61NO6/c1-28-7-6-19-42(4)38(18-20-43(42,49)27-44(25-34(47)26-45)24-31-10-13-32-23-39(31)41(32,2)3)36-17-9-29(21-33(46)14-8-28)22-37(36)40(48)30-11-15-35(50-5)16-12-30/h7,9,11-12,15-17,22,31-34,38-39,45-47,49H,6,8,10,13-14,18-21,23-27H2,1-5H3/t31-,32-,33-,34-,38-,39-,42-,43+/m0/s1. The van der Waals surface area contributed by atoms with E-state index in [9.17, 15) is 25.2 Å². The second-order valence-corrected chi connectivity index (χ2v) is 17.2. The van der Waals surface area contributed by atoms with Gasteiger partial charge in [-0.15, -0.1) is 0 Å². The average molecular weight is 688 g/mol. The monoisotopic (exact) mass is 687 g/mol. The van der Waals surface area contributed by atoms with Gasteiger partial charge in [0.1, 0.15) is 5.75 Å². The van der Waals surface area contributed by atoms with E-state index >= 15 is 0 Å². The summed E-state index contributed by atoms with van der Waals surface area (Å²) in [6.07, 6.45) is 9.34. The molecule has 0 unspecified atom stereocenters. The minimum Gasteiger partial charge on any atom is -0.497 e. The number of ketones is 1. The van der Waals surface area contributed by atoms with Crippen molar-refractivity contribution in [2.75, 3.05) is 33.4 Å². The topological polar surface area (TPSA) is 110 Å². The maximum atomic E-state index is 14.4. The molecule has 0 spiro atoms. The van der Waals surface area contributed by atoms with Crippen molar-refractivity contribution < 1.29 is 30.0 Å². The first-order valence-corrected chi connectivity index (χ1v) is 19.2. The van der Waals surface area contributed by atoms with Crippen molar-refractivity contribution in [3.05, 3.63) is 76.4 Å². The second kappa shape index (κ2) is 14.8. The Hall–Kier alpha value is -2.55. The van der Waals surface area contributed by atoms with E-state index in [1.54, 1.807) is 7.11 Å². The number of carbonyl (C=O) groups is 1. The number of hydrogen-bond acceptors (Lipinski definition) is 7. The average Bonchev–Trinajstić information content (AvgIpc) is 3.35. The van der Waals surface area contributed by atoms with E-state index in [2.05, 4.69) is 50.8 Å². The van der Waals surface area contributed by atoms with Crippen molar-refractivity contribution in [3.8, 4) is 5.75 Å². The highest BCUT2D eigenvalue weighted by Crippen LogP contribution is 2.62. The molecule has 4 fully saturated rings. The molecule has 0 amide bonds. The molecule has 7 heteroatoms. The maximum absolute atomic E-state index is 14.4. The van der Waals surface area contributed by atoms with E-state index in [0.717, 1.165) is 49.3 Å². The molecule has 274 valence electrons. The largest absolute Gasteiger partial charge is 0.497 e. The van der Waals surface area contributed by atoms with Gasteiger partial charge < -0.3 is 25.2 Å². The van der Waals surface area contributed by atoms with Gasteiger partial charge in [0.25, 0.3) is 0 Å². The molecule has 8 atom stereocenters. The Balaban J connectivity index is 1.38. The molecule has 2 aromatic rings. The van der Waals surface area contributed by atoms with E-state index in [1.165, 1.54) is 24.8 Å². The summed E-state index contributed by atoms with van der Waals surface area (Å²) in [7, 11) is 1.61.